The van der Waals surface area contributed by atoms with Gasteiger partial charge in [-0.25, -0.2) is 4.98 Å². The summed E-state index contributed by atoms with van der Waals surface area (Å²) in [5.41, 5.74) is 2.02. The fraction of sp³-hybridized carbons (Fsp3) is 0.409. The van der Waals surface area contributed by atoms with Gasteiger partial charge < -0.3 is 9.47 Å². The molecule has 0 atom stereocenters. The van der Waals surface area contributed by atoms with Crippen molar-refractivity contribution in [3.63, 3.8) is 0 Å². The minimum Gasteiger partial charge on any atom is -0.337 e. The van der Waals surface area contributed by atoms with E-state index in [0.29, 0.717) is 28.8 Å². The number of halogens is 1. The highest BCUT2D eigenvalue weighted by atomic mass is 35.5. The normalized spacial score (nSPS) is 17.1. The van der Waals surface area contributed by atoms with Crippen LogP contribution in [0.4, 0.5) is 0 Å². The van der Waals surface area contributed by atoms with Crippen LogP contribution in [0.15, 0.2) is 41.5 Å². The number of hydrogen-bond donors (Lipinski definition) is 0. The van der Waals surface area contributed by atoms with E-state index in [1.54, 1.807) is 15.2 Å². The monoisotopic (exact) mass is 410 g/mol. The van der Waals surface area contributed by atoms with Crippen LogP contribution < -0.4 is 5.56 Å². The molecule has 2 aromatic heterocycles. The molecule has 3 heterocycles. The molecule has 1 aliphatic heterocycles. The Morgan fingerprint density at radius 3 is 2.59 bits per heavy atom. The van der Waals surface area contributed by atoms with E-state index in [4.69, 9.17) is 11.6 Å². The van der Waals surface area contributed by atoms with E-state index in [1.165, 1.54) is 0 Å². The maximum absolute atomic E-state index is 13.3. The first-order chi connectivity index (χ1) is 14.1. The highest BCUT2D eigenvalue weighted by Crippen LogP contribution is 2.33. The third-order valence-electron chi connectivity index (χ3n) is 5.87. The van der Waals surface area contributed by atoms with Gasteiger partial charge in [0.25, 0.3) is 11.5 Å². The minimum atomic E-state index is -0.174. The van der Waals surface area contributed by atoms with Gasteiger partial charge in [0.2, 0.25) is 5.65 Å². The van der Waals surface area contributed by atoms with Gasteiger partial charge in [-0.15, -0.1) is 0 Å². The minimum absolute atomic E-state index is 0.0964. The summed E-state index contributed by atoms with van der Waals surface area (Å²) < 4.78 is 3.46. The molecule has 1 saturated carbocycles. The molecule has 0 unspecified atom stereocenters. The van der Waals surface area contributed by atoms with Gasteiger partial charge in [-0.1, -0.05) is 29.8 Å². The van der Waals surface area contributed by atoms with Crippen molar-refractivity contribution in [2.24, 2.45) is 5.92 Å². The molecule has 1 amide bonds. The lowest BCUT2D eigenvalue weighted by Crippen LogP contribution is -2.35. The van der Waals surface area contributed by atoms with Crippen LogP contribution in [0.3, 0.4) is 0 Å². The molecule has 150 valence electrons. The van der Waals surface area contributed by atoms with E-state index < -0.39 is 0 Å². The molecule has 3 aromatic rings. The Bertz CT molecular complexity index is 1140. The van der Waals surface area contributed by atoms with Crippen LogP contribution >= 0.6 is 11.6 Å². The highest BCUT2D eigenvalue weighted by Gasteiger charge is 2.26. The molecule has 0 N–H and O–H groups in total. The zero-order valence-corrected chi connectivity index (χ0v) is 16.9. The second-order valence-electron chi connectivity index (χ2n) is 8.06. The Morgan fingerprint density at radius 2 is 1.86 bits per heavy atom. The SMILES string of the molecule is O=C(c1cn2cc(-c3ccccc3Cl)n(CC3CC3)c(=O)c2n1)N1CCCCC1. The summed E-state index contributed by atoms with van der Waals surface area (Å²) in [5.74, 6) is 0.418. The summed E-state index contributed by atoms with van der Waals surface area (Å²) in [7, 11) is 0. The van der Waals surface area contributed by atoms with E-state index >= 15 is 0 Å². The largest absolute Gasteiger partial charge is 0.337 e. The molecule has 29 heavy (non-hydrogen) atoms. The van der Waals surface area contributed by atoms with Crippen LogP contribution in [0, 0.1) is 5.92 Å². The van der Waals surface area contributed by atoms with Gasteiger partial charge in [0.05, 0.1) is 5.69 Å². The summed E-state index contributed by atoms with van der Waals surface area (Å²) >= 11 is 6.44. The standard InChI is InChI=1S/C22H23ClN4O2/c23-17-7-3-2-6-16(17)19-14-26-13-18(21(28)25-10-4-1-5-11-25)24-20(26)22(29)27(19)12-15-8-9-15/h2-3,6-7,13-15H,1,4-5,8-12H2. The predicted octanol–water partition coefficient (Wildman–Crippen LogP) is 3.85. The molecule has 1 saturated heterocycles. The Kier molecular flexibility index (Phi) is 4.66. The number of amides is 1. The van der Waals surface area contributed by atoms with Crippen molar-refractivity contribution in [2.45, 2.75) is 38.6 Å². The van der Waals surface area contributed by atoms with Crippen molar-refractivity contribution in [1.29, 1.82) is 0 Å². The Balaban J connectivity index is 1.63. The molecule has 1 aliphatic carbocycles. The third kappa shape index (κ3) is 3.46. The number of aromatic nitrogens is 3. The summed E-state index contributed by atoms with van der Waals surface area (Å²) in [4.78, 5) is 32.5. The van der Waals surface area contributed by atoms with Crippen molar-refractivity contribution < 1.29 is 4.79 Å². The first kappa shape index (κ1) is 18.4. The van der Waals surface area contributed by atoms with E-state index in [9.17, 15) is 9.59 Å². The summed E-state index contributed by atoms with van der Waals surface area (Å²) in [6.45, 7) is 2.16. The lowest BCUT2D eigenvalue weighted by atomic mass is 10.1. The zero-order chi connectivity index (χ0) is 20.0. The second-order valence-corrected chi connectivity index (χ2v) is 8.47. The van der Waals surface area contributed by atoms with Gasteiger partial charge >= 0.3 is 0 Å². The number of likely N-dealkylation sites (tertiary alicyclic amines) is 1. The molecule has 6 nitrogen and oxygen atoms in total. The molecular weight excluding hydrogens is 388 g/mol. The van der Waals surface area contributed by atoms with Crippen molar-refractivity contribution in [3.05, 3.63) is 57.7 Å². The maximum atomic E-state index is 13.3. The average molecular weight is 411 g/mol. The molecule has 0 spiro atoms. The number of benzene rings is 1. The fourth-order valence-electron chi connectivity index (χ4n) is 4.07. The summed E-state index contributed by atoms with van der Waals surface area (Å²) in [5, 5.41) is 0.598. The highest BCUT2D eigenvalue weighted by molar-refractivity contribution is 6.33. The van der Waals surface area contributed by atoms with Gasteiger partial charge in [0.15, 0.2) is 0 Å². The number of piperidine rings is 1. The van der Waals surface area contributed by atoms with Crippen molar-refractivity contribution >= 4 is 23.2 Å². The number of nitrogens with zero attached hydrogens (tertiary/aromatic N) is 4. The molecule has 7 heteroatoms. The first-order valence-corrected chi connectivity index (χ1v) is 10.7. The van der Waals surface area contributed by atoms with E-state index in [1.807, 2.05) is 35.4 Å². The summed E-state index contributed by atoms with van der Waals surface area (Å²) in [6, 6.07) is 7.53. The molecule has 1 aromatic carbocycles. The van der Waals surface area contributed by atoms with E-state index in [2.05, 4.69) is 4.98 Å². The predicted molar refractivity (Wildman–Crippen MR) is 112 cm³/mol. The second kappa shape index (κ2) is 7.34. The number of imidazole rings is 1. The molecule has 5 rings (SSSR count). The van der Waals surface area contributed by atoms with Gasteiger partial charge in [-0.2, -0.15) is 0 Å². The van der Waals surface area contributed by atoms with Gasteiger partial charge in [0.1, 0.15) is 5.69 Å². The lowest BCUT2D eigenvalue weighted by molar-refractivity contribution is 0.0719. The average Bonchev–Trinajstić information content (AvgIpc) is 3.46. The molecule has 2 aliphatic rings. The maximum Gasteiger partial charge on any atom is 0.294 e. The van der Waals surface area contributed by atoms with Crippen LogP contribution in [0.2, 0.25) is 5.02 Å². The van der Waals surface area contributed by atoms with E-state index in [0.717, 1.165) is 56.5 Å². The Morgan fingerprint density at radius 1 is 1.10 bits per heavy atom. The number of carbonyl (C=O) groups is 1. The van der Waals surface area contributed by atoms with Crippen LogP contribution in [-0.4, -0.2) is 37.8 Å². The fourth-order valence-corrected chi connectivity index (χ4v) is 4.30. The third-order valence-corrected chi connectivity index (χ3v) is 6.20. The first-order valence-electron chi connectivity index (χ1n) is 10.3. The number of fused-ring (bicyclic) bond motifs is 1. The molecule has 2 fully saturated rings. The van der Waals surface area contributed by atoms with E-state index in [-0.39, 0.29) is 11.5 Å². The quantitative estimate of drug-likeness (QED) is 0.656. The van der Waals surface area contributed by atoms with Gasteiger partial charge in [-0.3, -0.25) is 14.0 Å². The Hall–Kier alpha value is -2.60. The van der Waals surface area contributed by atoms with Crippen molar-refractivity contribution in [3.8, 4) is 11.3 Å². The van der Waals surface area contributed by atoms with Gasteiger partial charge in [0, 0.05) is 42.6 Å². The lowest BCUT2D eigenvalue weighted by Gasteiger charge is -2.25. The molecule has 0 radical (unpaired) electrons. The summed E-state index contributed by atoms with van der Waals surface area (Å²) in [6.07, 6.45) is 9.01. The molecular formula is C22H23ClN4O2. The molecule has 0 bridgehead atoms. The number of carbonyl (C=O) groups excluding carboxylic acids is 1. The Labute approximate surface area is 173 Å². The van der Waals surface area contributed by atoms with Crippen LogP contribution in [0.1, 0.15) is 42.6 Å². The number of rotatable bonds is 4. The van der Waals surface area contributed by atoms with Crippen molar-refractivity contribution in [2.75, 3.05) is 13.1 Å². The van der Waals surface area contributed by atoms with Crippen LogP contribution in [-0.2, 0) is 6.54 Å². The van der Waals surface area contributed by atoms with Crippen LogP contribution in [0.5, 0.6) is 0 Å². The topological polar surface area (TPSA) is 59.6 Å². The van der Waals surface area contributed by atoms with Crippen molar-refractivity contribution in [1.82, 2.24) is 18.9 Å². The van der Waals surface area contributed by atoms with Crippen LogP contribution in [0.25, 0.3) is 16.9 Å². The smallest absolute Gasteiger partial charge is 0.294 e. The zero-order valence-electron chi connectivity index (χ0n) is 16.2. The van der Waals surface area contributed by atoms with Gasteiger partial charge in [-0.05, 0) is 44.1 Å². The number of hydrogen-bond acceptors (Lipinski definition) is 3.